The van der Waals surface area contributed by atoms with E-state index in [1.807, 2.05) is 0 Å². The average molecular weight is 1200 g/mol. The van der Waals surface area contributed by atoms with E-state index in [0.717, 1.165) is 44.9 Å². The van der Waals surface area contributed by atoms with E-state index in [1.165, 1.54) is 366 Å². The van der Waals surface area contributed by atoms with Crippen molar-refractivity contribution in [2.45, 2.75) is 456 Å². The van der Waals surface area contributed by atoms with Gasteiger partial charge >= 0.3 is 5.97 Å². The van der Waals surface area contributed by atoms with E-state index in [9.17, 15) is 19.8 Å². The molecular formula is C79H153NO5. The second-order valence-electron chi connectivity index (χ2n) is 27.0. The highest BCUT2D eigenvalue weighted by Gasteiger charge is 2.20. The molecule has 0 fully saturated rings. The Morgan fingerprint density at radius 1 is 0.329 bits per heavy atom. The first-order valence-corrected chi connectivity index (χ1v) is 39.1. The van der Waals surface area contributed by atoms with Crippen LogP contribution in [0.4, 0.5) is 0 Å². The fourth-order valence-electron chi connectivity index (χ4n) is 12.6. The van der Waals surface area contributed by atoms with Crippen LogP contribution in [0, 0.1) is 0 Å². The van der Waals surface area contributed by atoms with Crippen molar-refractivity contribution in [3.63, 3.8) is 0 Å². The monoisotopic (exact) mass is 1200 g/mol. The molecule has 0 aromatic heterocycles. The fraction of sp³-hybridized carbons (Fsp3) is 0.924. The number of hydrogen-bond donors (Lipinski definition) is 3. The van der Waals surface area contributed by atoms with Crippen molar-refractivity contribution in [3.05, 3.63) is 24.3 Å². The molecule has 0 aliphatic rings. The van der Waals surface area contributed by atoms with Crippen LogP contribution in [0.3, 0.4) is 0 Å². The predicted molar refractivity (Wildman–Crippen MR) is 375 cm³/mol. The van der Waals surface area contributed by atoms with Crippen LogP contribution in [0.25, 0.3) is 0 Å². The number of aliphatic hydroxyl groups is 2. The minimum absolute atomic E-state index is 0.0241. The normalized spacial score (nSPS) is 12.6. The summed E-state index contributed by atoms with van der Waals surface area (Å²) in [5.41, 5.74) is 0. The van der Waals surface area contributed by atoms with Crippen LogP contribution in [0.5, 0.6) is 0 Å². The lowest BCUT2D eigenvalue weighted by Crippen LogP contribution is -2.45. The first-order valence-electron chi connectivity index (χ1n) is 39.1. The highest BCUT2D eigenvalue weighted by Crippen LogP contribution is 2.20. The molecule has 2 atom stereocenters. The van der Waals surface area contributed by atoms with Crippen LogP contribution in [-0.2, 0) is 14.3 Å². The van der Waals surface area contributed by atoms with Gasteiger partial charge in [-0.25, -0.2) is 0 Å². The minimum Gasteiger partial charge on any atom is -0.466 e. The number of allylic oxidation sites excluding steroid dienone is 4. The van der Waals surface area contributed by atoms with E-state index in [4.69, 9.17) is 4.74 Å². The van der Waals surface area contributed by atoms with E-state index in [0.29, 0.717) is 25.9 Å². The smallest absolute Gasteiger partial charge is 0.305 e. The molecular weight excluding hydrogens is 1040 g/mol. The van der Waals surface area contributed by atoms with Gasteiger partial charge in [0.1, 0.15) is 0 Å². The molecule has 6 heteroatoms. The molecule has 0 radical (unpaired) electrons. The number of ether oxygens (including phenoxy) is 1. The molecule has 0 rings (SSSR count). The Morgan fingerprint density at radius 2 is 0.588 bits per heavy atom. The SMILES string of the molecule is CCCCCCCCCCCCCCCCCCCCC(=O)OCCCCCCCCCCCCCCC/C=C\C/C=C\CCCCCCCCCCCCCCCCCCCC(=O)NC(CO)C(O)CCCCCCCCCCCCCCC. The minimum atomic E-state index is -0.661. The molecule has 0 bridgehead atoms. The lowest BCUT2D eigenvalue weighted by molar-refractivity contribution is -0.143. The van der Waals surface area contributed by atoms with E-state index >= 15 is 0 Å². The van der Waals surface area contributed by atoms with Crippen LogP contribution in [0.1, 0.15) is 444 Å². The molecule has 0 heterocycles. The Labute approximate surface area is 532 Å². The van der Waals surface area contributed by atoms with Gasteiger partial charge in [0.05, 0.1) is 25.4 Å². The number of carbonyl (C=O) groups is 2. The number of carbonyl (C=O) groups excluding carboxylic acids is 2. The third kappa shape index (κ3) is 71.3. The second-order valence-corrected chi connectivity index (χ2v) is 27.0. The van der Waals surface area contributed by atoms with Gasteiger partial charge in [0.25, 0.3) is 0 Å². The average Bonchev–Trinajstić information content (AvgIpc) is 3.50. The molecule has 0 spiro atoms. The summed E-state index contributed by atoms with van der Waals surface area (Å²) in [6, 6.07) is -0.538. The van der Waals surface area contributed by atoms with Crippen LogP contribution >= 0.6 is 0 Å². The highest BCUT2D eigenvalue weighted by atomic mass is 16.5. The number of rotatable bonds is 74. The second kappa shape index (κ2) is 74.8. The van der Waals surface area contributed by atoms with Crippen LogP contribution in [-0.4, -0.2) is 47.4 Å². The van der Waals surface area contributed by atoms with Gasteiger partial charge in [-0.05, 0) is 57.8 Å². The lowest BCUT2D eigenvalue weighted by Gasteiger charge is -2.22. The molecule has 0 saturated heterocycles. The molecule has 1 amide bonds. The van der Waals surface area contributed by atoms with Gasteiger partial charge < -0.3 is 20.3 Å². The quantitative estimate of drug-likeness (QED) is 0.0320. The maximum Gasteiger partial charge on any atom is 0.305 e. The van der Waals surface area contributed by atoms with Gasteiger partial charge in [0.15, 0.2) is 0 Å². The molecule has 0 saturated carbocycles. The first kappa shape index (κ1) is 83.3. The molecule has 85 heavy (non-hydrogen) atoms. The van der Waals surface area contributed by atoms with E-state index in [-0.39, 0.29) is 18.5 Å². The molecule has 0 aliphatic heterocycles. The first-order chi connectivity index (χ1) is 42.0. The van der Waals surface area contributed by atoms with Crippen molar-refractivity contribution < 1.29 is 24.5 Å². The lowest BCUT2D eigenvalue weighted by atomic mass is 10.0. The van der Waals surface area contributed by atoms with E-state index in [1.54, 1.807) is 0 Å². The summed E-state index contributed by atoms with van der Waals surface area (Å²) in [5, 5.41) is 23.3. The summed E-state index contributed by atoms with van der Waals surface area (Å²) in [4.78, 5) is 24.6. The van der Waals surface area contributed by atoms with Crippen molar-refractivity contribution in [2.24, 2.45) is 0 Å². The maximum absolute atomic E-state index is 12.5. The van der Waals surface area contributed by atoms with E-state index in [2.05, 4.69) is 43.5 Å². The molecule has 0 aliphatic carbocycles. The standard InChI is InChI=1S/C79H153NO5/c1-3-5-7-9-11-13-15-17-18-19-42-45-49-53-57-61-65-69-73-79(84)85-74-70-66-62-58-54-50-46-43-40-38-36-34-32-30-28-26-24-22-20-21-23-25-27-29-31-33-35-37-39-41-44-48-52-56-60-64-68-72-78(83)80-76(75-81)77(82)71-67-63-59-55-51-47-16-14-12-10-8-6-4-2/h20,22,26,28,76-77,81-82H,3-19,21,23-25,27,29-75H2,1-2H3,(H,80,83)/b22-20-,28-26-. The fourth-order valence-corrected chi connectivity index (χ4v) is 12.6. The van der Waals surface area contributed by atoms with Crippen molar-refractivity contribution in [3.8, 4) is 0 Å². The summed E-state index contributed by atoms with van der Waals surface area (Å²) >= 11 is 0. The molecule has 0 aromatic carbocycles. The van der Waals surface area contributed by atoms with Crippen molar-refractivity contribution in [2.75, 3.05) is 13.2 Å². The largest absolute Gasteiger partial charge is 0.466 e. The Hall–Kier alpha value is -1.66. The molecule has 504 valence electrons. The Balaban J connectivity index is 3.33. The maximum atomic E-state index is 12.5. The summed E-state index contributed by atoms with van der Waals surface area (Å²) in [6.07, 6.45) is 95.6. The zero-order valence-corrected chi connectivity index (χ0v) is 57.9. The van der Waals surface area contributed by atoms with Gasteiger partial charge in [0, 0.05) is 12.8 Å². The van der Waals surface area contributed by atoms with Crippen LogP contribution in [0.15, 0.2) is 24.3 Å². The van der Waals surface area contributed by atoms with Gasteiger partial charge in [-0.3, -0.25) is 9.59 Å². The third-order valence-electron chi connectivity index (χ3n) is 18.5. The number of amides is 1. The molecule has 2 unspecified atom stereocenters. The number of nitrogens with one attached hydrogen (secondary N) is 1. The molecule has 0 aromatic rings. The molecule has 6 nitrogen and oxygen atoms in total. The Morgan fingerprint density at radius 3 is 0.894 bits per heavy atom. The summed E-state index contributed by atoms with van der Waals surface area (Å²) < 4.78 is 5.52. The Bertz CT molecular complexity index is 1330. The Kier molecular flexibility index (Phi) is 73.3. The van der Waals surface area contributed by atoms with Gasteiger partial charge in [-0.15, -0.1) is 0 Å². The summed E-state index contributed by atoms with van der Waals surface area (Å²) in [6.45, 7) is 5.00. The van der Waals surface area contributed by atoms with Crippen LogP contribution < -0.4 is 5.32 Å². The van der Waals surface area contributed by atoms with Crippen LogP contribution in [0.2, 0.25) is 0 Å². The van der Waals surface area contributed by atoms with Gasteiger partial charge in [0.2, 0.25) is 5.91 Å². The van der Waals surface area contributed by atoms with Crippen molar-refractivity contribution in [1.82, 2.24) is 5.32 Å². The zero-order valence-electron chi connectivity index (χ0n) is 57.9. The number of hydrogen-bond acceptors (Lipinski definition) is 5. The molecule has 3 N–H and O–H groups in total. The number of aliphatic hydroxyl groups excluding tert-OH is 2. The van der Waals surface area contributed by atoms with Gasteiger partial charge in [-0.1, -0.05) is 398 Å². The van der Waals surface area contributed by atoms with Crippen molar-refractivity contribution >= 4 is 11.9 Å². The van der Waals surface area contributed by atoms with Gasteiger partial charge in [-0.2, -0.15) is 0 Å². The van der Waals surface area contributed by atoms with Crippen molar-refractivity contribution in [1.29, 1.82) is 0 Å². The highest BCUT2D eigenvalue weighted by molar-refractivity contribution is 5.76. The predicted octanol–water partition coefficient (Wildman–Crippen LogP) is 25.7. The van der Waals surface area contributed by atoms with E-state index < -0.39 is 12.1 Å². The zero-order chi connectivity index (χ0) is 61.3. The summed E-state index contributed by atoms with van der Waals surface area (Å²) in [5.74, 6) is -0.00566. The topological polar surface area (TPSA) is 95.9 Å². The number of unbranched alkanes of at least 4 members (excludes halogenated alkanes) is 59. The third-order valence-corrected chi connectivity index (χ3v) is 18.5. The number of esters is 1. The summed E-state index contributed by atoms with van der Waals surface area (Å²) in [7, 11) is 0.